The van der Waals surface area contributed by atoms with Crippen LogP contribution in [-0.4, -0.2) is 17.1 Å². The van der Waals surface area contributed by atoms with Crippen molar-refractivity contribution in [3.63, 3.8) is 0 Å². The minimum atomic E-state index is -1.11. The van der Waals surface area contributed by atoms with Gasteiger partial charge in [0.05, 0.1) is 18.9 Å². The molecular weight excluding hydrogens is 136 g/mol. The van der Waals surface area contributed by atoms with E-state index in [1.54, 1.807) is 6.07 Å². The number of nitrogens with zero attached hydrogens (tertiary/aromatic N) is 2. The molecule has 0 unspecified atom stereocenters. The van der Waals surface area contributed by atoms with E-state index in [9.17, 15) is 9.70 Å². The summed E-state index contributed by atoms with van der Waals surface area (Å²) in [4.78, 5) is 19.7. The number of carbonyl (C=O) groups is 1. The third-order valence-electron chi connectivity index (χ3n) is 0.886. The third kappa shape index (κ3) is 3.55. The maximum atomic E-state index is 9.94. The maximum Gasteiger partial charge on any atom is 0.305 e. The fourth-order valence-electron chi connectivity index (χ4n) is 0.454. The van der Waals surface area contributed by atoms with E-state index in [1.807, 2.05) is 0 Å². The summed E-state index contributed by atoms with van der Waals surface area (Å²) in [5.41, 5.74) is 0. The van der Waals surface area contributed by atoms with Gasteiger partial charge in [0.2, 0.25) is 0 Å². The Hall–Kier alpha value is -1.44. The predicted molar refractivity (Wildman–Crippen MR) is 32.1 cm³/mol. The second kappa shape index (κ2) is 4.44. The molecule has 5 nitrogen and oxygen atoms in total. The molecule has 1 atom stereocenters. The Morgan fingerprint density at radius 1 is 1.80 bits per heavy atom. The normalized spacial score (nSPS) is 11.5. The highest BCUT2D eigenvalue weighted by Gasteiger charge is 2.11. The molecule has 0 spiro atoms. The number of aliphatic carboxylic acids is 1. The zero-order valence-electron chi connectivity index (χ0n) is 5.15. The zero-order valence-corrected chi connectivity index (χ0v) is 5.15. The van der Waals surface area contributed by atoms with Crippen molar-refractivity contribution in [3.05, 3.63) is 4.91 Å². The Morgan fingerprint density at radius 2 is 2.40 bits per heavy atom. The molecule has 10 heavy (non-hydrogen) atoms. The van der Waals surface area contributed by atoms with E-state index in [-0.39, 0.29) is 12.8 Å². The molecule has 5 heteroatoms. The summed E-state index contributed by atoms with van der Waals surface area (Å²) in [6.45, 7) is 0. The monoisotopic (exact) mass is 142 g/mol. The van der Waals surface area contributed by atoms with Crippen LogP contribution in [0.2, 0.25) is 0 Å². The Morgan fingerprint density at radius 3 is 2.70 bits per heavy atom. The van der Waals surface area contributed by atoms with Gasteiger partial charge in [0.1, 0.15) is 6.04 Å². The van der Waals surface area contributed by atoms with Crippen LogP contribution in [0.15, 0.2) is 5.18 Å². The lowest BCUT2D eigenvalue weighted by Crippen LogP contribution is -2.09. The quantitative estimate of drug-likeness (QED) is 0.579. The fraction of sp³-hybridized carbons (Fsp3) is 0.600. The molecule has 54 valence electrons. The van der Waals surface area contributed by atoms with E-state index >= 15 is 0 Å². The minimum Gasteiger partial charge on any atom is -0.481 e. The lowest BCUT2D eigenvalue weighted by Gasteiger charge is -1.96. The summed E-state index contributed by atoms with van der Waals surface area (Å²) in [5.74, 6) is -1.11. The molecule has 0 aromatic rings. The van der Waals surface area contributed by atoms with Crippen molar-refractivity contribution in [2.45, 2.75) is 18.9 Å². The van der Waals surface area contributed by atoms with E-state index in [0.29, 0.717) is 0 Å². The van der Waals surface area contributed by atoms with Crippen molar-refractivity contribution >= 4 is 5.97 Å². The van der Waals surface area contributed by atoms with Gasteiger partial charge in [-0.1, -0.05) is 5.18 Å². The summed E-state index contributed by atoms with van der Waals surface area (Å²) in [5, 5.41) is 18.6. The van der Waals surface area contributed by atoms with E-state index in [4.69, 9.17) is 10.4 Å². The highest BCUT2D eigenvalue weighted by Crippen LogP contribution is 2.01. The highest BCUT2D eigenvalue weighted by atomic mass is 16.4. The largest absolute Gasteiger partial charge is 0.481 e. The molecule has 0 saturated carbocycles. The number of hydrogen-bond donors (Lipinski definition) is 1. The molecule has 0 heterocycles. The molecule has 0 aliphatic rings. The lowest BCUT2D eigenvalue weighted by molar-refractivity contribution is -0.137. The molecule has 0 rings (SSSR count). The molecule has 0 amide bonds. The van der Waals surface area contributed by atoms with E-state index in [2.05, 4.69) is 5.18 Å². The van der Waals surface area contributed by atoms with Crippen LogP contribution in [-0.2, 0) is 4.79 Å². The summed E-state index contributed by atoms with van der Waals surface area (Å²) in [6, 6.07) is 0.767. The molecule has 0 aliphatic carbocycles. The van der Waals surface area contributed by atoms with Crippen molar-refractivity contribution in [2.75, 3.05) is 0 Å². The molecule has 1 N–H and O–H groups in total. The number of carboxylic acids is 1. The first-order valence-corrected chi connectivity index (χ1v) is 2.62. The van der Waals surface area contributed by atoms with Crippen molar-refractivity contribution in [3.8, 4) is 6.07 Å². The Kier molecular flexibility index (Phi) is 3.80. The van der Waals surface area contributed by atoms with Gasteiger partial charge in [-0.25, -0.2) is 0 Å². The van der Waals surface area contributed by atoms with E-state index in [1.165, 1.54) is 0 Å². The van der Waals surface area contributed by atoms with Crippen molar-refractivity contribution in [1.82, 2.24) is 0 Å². The number of hydrogen-bond acceptors (Lipinski definition) is 4. The van der Waals surface area contributed by atoms with Gasteiger partial charge in [-0.3, -0.25) is 4.79 Å². The SMILES string of the molecule is N#CC[C@H](CC(=O)O)N=O. The maximum absolute atomic E-state index is 9.94. The first kappa shape index (κ1) is 8.56. The summed E-state index contributed by atoms with van der Waals surface area (Å²) < 4.78 is 0. The molecular formula is C5H6N2O3. The molecule has 0 saturated heterocycles. The predicted octanol–water partition coefficient (Wildman–Crippen LogP) is 0.510. The van der Waals surface area contributed by atoms with Crippen LogP contribution in [0, 0.1) is 16.2 Å². The highest BCUT2D eigenvalue weighted by molar-refractivity contribution is 5.67. The molecule has 0 radical (unpaired) electrons. The Bertz CT molecular complexity index is 172. The van der Waals surface area contributed by atoms with Crippen LogP contribution < -0.4 is 0 Å². The molecule has 0 aliphatic heterocycles. The molecule has 0 bridgehead atoms. The van der Waals surface area contributed by atoms with Gasteiger partial charge in [-0.2, -0.15) is 10.2 Å². The standard InChI is InChI=1S/C5H6N2O3/c6-2-1-4(7-10)3-5(8)9/h4H,1,3H2,(H,8,9)/t4-/m1/s1. The van der Waals surface area contributed by atoms with Crippen molar-refractivity contribution in [2.24, 2.45) is 5.18 Å². The second-order valence-electron chi connectivity index (χ2n) is 1.72. The summed E-state index contributed by atoms with van der Waals surface area (Å²) in [7, 11) is 0. The molecule has 0 aromatic heterocycles. The minimum absolute atomic E-state index is 0.129. The van der Waals surface area contributed by atoms with Gasteiger partial charge < -0.3 is 5.11 Å². The van der Waals surface area contributed by atoms with E-state index in [0.717, 1.165) is 0 Å². The van der Waals surface area contributed by atoms with Gasteiger partial charge in [-0.05, 0) is 0 Å². The van der Waals surface area contributed by atoms with Gasteiger partial charge >= 0.3 is 5.97 Å². The fourth-order valence-corrected chi connectivity index (χ4v) is 0.454. The van der Waals surface area contributed by atoms with Crippen LogP contribution in [0.25, 0.3) is 0 Å². The second-order valence-corrected chi connectivity index (χ2v) is 1.72. The van der Waals surface area contributed by atoms with Gasteiger partial charge in [0, 0.05) is 0 Å². The third-order valence-corrected chi connectivity index (χ3v) is 0.886. The first-order valence-electron chi connectivity index (χ1n) is 2.62. The summed E-state index contributed by atoms with van der Waals surface area (Å²) >= 11 is 0. The number of nitroso groups, excluding NO2 is 1. The molecule has 0 fully saturated rings. The van der Waals surface area contributed by atoms with Gasteiger partial charge in [-0.15, -0.1) is 0 Å². The lowest BCUT2D eigenvalue weighted by atomic mass is 10.2. The topological polar surface area (TPSA) is 90.5 Å². The smallest absolute Gasteiger partial charge is 0.305 e. The van der Waals surface area contributed by atoms with Crippen LogP contribution in [0.5, 0.6) is 0 Å². The van der Waals surface area contributed by atoms with E-state index < -0.39 is 12.0 Å². The van der Waals surface area contributed by atoms with Gasteiger partial charge in [0.15, 0.2) is 0 Å². The Labute approximate surface area is 57.2 Å². The Balaban J connectivity index is 3.73. The van der Waals surface area contributed by atoms with Crippen LogP contribution in [0.1, 0.15) is 12.8 Å². The van der Waals surface area contributed by atoms with Crippen LogP contribution in [0.3, 0.4) is 0 Å². The average molecular weight is 142 g/mol. The van der Waals surface area contributed by atoms with Gasteiger partial charge in [0.25, 0.3) is 0 Å². The molecule has 0 aromatic carbocycles. The zero-order chi connectivity index (χ0) is 7.98. The van der Waals surface area contributed by atoms with Crippen LogP contribution >= 0.6 is 0 Å². The number of nitriles is 1. The average Bonchev–Trinajstić information content (AvgIpc) is 1.86. The van der Waals surface area contributed by atoms with Crippen LogP contribution in [0.4, 0.5) is 0 Å². The summed E-state index contributed by atoms with van der Waals surface area (Å²) in [6.07, 6.45) is -0.493. The van der Waals surface area contributed by atoms with Crippen molar-refractivity contribution < 1.29 is 9.90 Å². The number of carboxylic acid groups (broad SMARTS) is 1. The van der Waals surface area contributed by atoms with Crippen molar-refractivity contribution in [1.29, 1.82) is 5.26 Å². The first-order chi connectivity index (χ1) is 4.70. The number of rotatable bonds is 4.